The molecule has 0 N–H and O–H groups in total. The van der Waals surface area contributed by atoms with E-state index in [0.29, 0.717) is 0 Å². The van der Waals surface area contributed by atoms with Crippen molar-refractivity contribution in [2.75, 3.05) is 7.11 Å². The first kappa shape index (κ1) is 8.26. The topological polar surface area (TPSA) is 26.3 Å². The summed E-state index contributed by atoms with van der Waals surface area (Å²) in [6, 6.07) is 0. The molecule has 8 heavy (non-hydrogen) atoms. The molecular weight excluding hydrogens is 164 g/mol. The molecule has 0 saturated heterocycles. The van der Waals surface area contributed by atoms with Gasteiger partial charge in [-0.15, -0.1) is 12.6 Å². The monoisotopic (exact) mass is 168 g/mol. The predicted molar refractivity (Wildman–Crippen MR) is 41.6 cm³/mol. The van der Waals surface area contributed by atoms with Gasteiger partial charge in [-0.25, -0.2) is 4.79 Å². The first-order valence-corrected chi connectivity index (χ1v) is 3.32. The van der Waals surface area contributed by atoms with Gasteiger partial charge in [0.2, 0.25) is 0 Å². The van der Waals surface area contributed by atoms with Crippen LogP contribution >= 0.6 is 36.6 Å². The first-order chi connectivity index (χ1) is 3.66. The maximum atomic E-state index is 10.2. The molecule has 0 saturated carbocycles. The van der Waals surface area contributed by atoms with E-state index in [2.05, 4.69) is 29.6 Å². The minimum atomic E-state index is -0.426. The summed E-state index contributed by atoms with van der Waals surface area (Å²) in [6.45, 7) is 0. The fraction of sp³-hybridized carbons (Fsp3) is 0.333. The number of carbonyl (C=O) groups is 1. The summed E-state index contributed by atoms with van der Waals surface area (Å²) in [5.74, 6) is 0. The van der Waals surface area contributed by atoms with Gasteiger partial charge < -0.3 is 4.74 Å². The van der Waals surface area contributed by atoms with Gasteiger partial charge in [-0.2, -0.15) is 0 Å². The maximum Gasteiger partial charge on any atom is 0.373 e. The molecule has 0 radical (unpaired) electrons. The van der Waals surface area contributed by atoms with Gasteiger partial charge in [0.1, 0.15) is 3.53 Å². The lowest BCUT2D eigenvalue weighted by Crippen LogP contribution is -1.91. The molecule has 0 atom stereocenters. The van der Waals surface area contributed by atoms with Crippen LogP contribution in [0.25, 0.3) is 0 Å². The zero-order valence-electron chi connectivity index (χ0n) is 4.08. The molecule has 0 bridgehead atoms. The Morgan fingerprint density at radius 3 is 2.50 bits per heavy atom. The predicted octanol–water partition coefficient (Wildman–Crippen LogP) is 1.70. The molecule has 0 spiro atoms. The molecule has 0 aliphatic carbocycles. The van der Waals surface area contributed by atoms with Crippen LogP contribution in [0.2, 0.25) is 0 Å². The molecule has 2 nitrogen and oxygen atoms in total. The zero-order valence-corrected chi connectivity index (χ0v) is 6.61. The van der Waals surface area contributed by atoms with Crippen LogP contribution < -0.4 is 0 Å². The molecule has 0 aromatic rings. The number of carbonyl (C=O) groups excluding carboxylic acids is 1. The Hall–Kier alpha value is 0.260. The summed E-state index contributed by atoms with van der Waals surface area (Å²) in [5, 5.41) is -0.426. The molecule has 0 heterocycles. The second kappa shape index (κ2) is 4.17. The van der Waals surface area contributed by atoms with Crippen molar-refractivity contribution in [3.63, 3.8) is 0 Å². The van der Waals surface area contributed by atoms with Gasteiger partial charge in [-0.3, -0.25) is 0 Å². The Labute approximate surface area is 62.4 Å². The van der Waals surface area contributed by atoms with Gasteiger partial charge in [0.05, 0.1) is 7.11 Å². The largest absolute Gasteiger partial charge is 0.461 e. The molecule has 0 aliphatic rings. The molecule has 0 aromatic carbocycles. The average molecular weight is 168 g/mol. The van der Waals surface area contributed by atoms with Crippen molar-refractivity contribution >= 4 is 45.4 Å². The Morgan fingerprint density at radius 2 is 2.38 bits per heavy atom. The van der Waals surface area contributed by atoms with E-state index in [4.69, 9.17) is 0 Å². The molecule has 0 amide bonds. The normalized spacial score (nSPS) is 8.25. The second-order valence-electron chi connectivity index (χ2n) is 0.822. The third-order valence-corrected chi connectivity index (χ3v) is 1.37. The van der Waals surface area contributed by atoms with Gasteiger partial charge in [-0.05, 0) is 0 Å². The van der Waals surface area contributed by atoms with E-state index in [1.807, 2.05) is 0 Å². The highest BCUT2D eigenvalue weighted by Crippen LogP contribution is 2.09. The molecule has 46 valence electrons. The van der Waals surface area contributed by atoms with Crippen LogP contribution in [0.5, 0.6) is 0 Å². The highest BCUT2D eigenvalue weighted by molar-refractivity contribution is 8.47. The van der Waals surface area contributed by atoms with Crippen molar-refractivity contribution in [2.45, 2.75) is 0 Å². The van der Waals surface area contributed by atoms with Crippen LogP contribution in [0.1, 0.15) is 0 Å². The van der Waals surface area contributed by atoms with E-state index in [9.17, 15) is 4.79 Å². The molecule has 0 aromatic heterocycles. The minimum absolute atomic E-state index is 0.275. The lowest BCUT2D eigenvalue weighted by molar-refractivity contribution is 0.200. The van der Waals surface area contributed by atoms with E-state index < -0.39 is 5.30 Å². The van der Waals surface area contributed by atoms with E-state index in [-0.39, 0.29) is 3.53 Å². The molecule has 0 fully saturated rings. The number of methoxy groups -OCH3 is 1. The van der Waals surface area contributed by atoms with Crippen molar-refractivity contribution in [2.24, 2.45) is 0 Å². The first-order valence-electron chi connectivity index (χ1n) is 1.65. The molecule has 0 rings (SSSR count). The number of thioether (sulfide) groups is 1. The van der Waals surface area contributed by atoms with Crippen molar-refractivity contribution in [3.05, 3.63) is 0 Å². The Bertz CT molecular complexity index is 111. The van der Waals surface area contributed by atoms with Gasteiger partial charge >= 0.3 is 5.30 Å². The lowest BCUT2D eigenvalue weighted by Gasteiger charge is -1.91. The van der Waals surface area contributed by atoms with Crippen LogP contribution in [0.3, 0.4) is 0 Å². The highest BCUT2D eigenvalue weighted by Gasteiger charge is 2.00. The van der Waals surface area contributed by atoms with Crippen LogP contribution in [-0.2, 0) is 4.74 Å². The van der Waals surface area contributed by atoms with Crippen molar-refractivity contribution in [1.29, 1.82) is 0 Å². The van der Waals surface area contributed by atoms with Gasteiger partial charge in [0.25, 0.3) is 0 Å². The SMILES string of the molecule is COC(=O)SC(=S)S. The fourth-order valence-corrected chi connectivity index (χ4v) is 0.767. The standard InChI is InChI=1S/C3H4O2S3/c1-5-2(4)8-3(6)7/h1H3,(H,6,7). The van der Waals surface area contributed by atoms with Crippen LogP contribution in [0.4, 0.5) is 4.79 Å². The van der Waals surface area contributed by atoms with Crippen molar-refractivity contribution < 1.29 is 9.53 Å². The second-order valence-corrected chi connectivity index (χ2v) is 3.49. The Kier molecular flexibility index (Phi) is 4.31. The summed E-state index contributed by atoms with van der Waals surface area (Å²) in [5.41, 5.74) is 0. The van der Waals surface area contributed by atoms with Crippen molar-refractivity contribution in [1.82, 2.24) is 0 Å². The Morgan fingerprint density at radius 1 is 1.88 bits per heavy atom. The third-order valence-electron chi connectivity index (χ3n) is 0.337. The number of ether oxygens (including phenoxy) is 1. The number of rotatable bonds is 0. The number of thiol groups is 1. The van der Waals surface area contributed by atoms with E-state index in [0.717, 1.165) is 11.8 Å². The summed E-state index contributed by atoms with van der Waals surface area (Å²) >= 11 is 8.94. The van der Waals surface area contributed by atoms with Crippen molar-refractivity contribution in [3.8, 4) is 0 Å². The quantitative estimate of drug-likeness (QED) is 0.338. The average Bonchev–Trinajstić information content (AvgIpc) is 1.65. The van der Waals surface area contributed by atoms with Crippen LogP contribution in [0, 0.1) is 0 Å². The fourth-order valence-electron chi connectivity index (χ4n) is 0.113. The van der Waals surface area contributed by atoms with Crippen LogP contribution in [0.15, 0.2) is 0 Å². The third kappa shape index (κ3) is 4.42. The van der Waals surface area contributed by atoms with E-state index in [1.54, 1.807) is 0 Å². The molecular formula is C3H4O2S3. The number of thiocarbonyl (C=S) groups is 1. The molecule has 0 unspecified atom stereocenters. The summed E-state index contributed by atoms with van der Waals surface area (Å²) in [4.78, 5) is 10.2. The number of hydrogen-bond donors (Lipinski definition) is 1. The number of hydrogen-bond acceptors (Lipinski definition) is 4. The van der Waals surface area contributed by atoms with E-state index in [1.165, 1.54) is 7.11 Å². The summed E-state index contributed by atoms with van der Waals surface area (Å²) in [7, 11) is 1.29. The zero-order chi connectivity index (χ0) is 6.57. The minimum Gasteiger partial charge on any atom is -0.461 e. The lowest BCUT2D eigenvalue weighted by atomic mass is 11.5. The smallest absolute Gasteiger partial charge is 0.373 e. The van der Waals surface area contributed by atoms with Gasteiger partial charge in [0, 0.05) is 11.8 Å². The van der Waals surface area contributed by atoms with Gasteiger partial charge in [0.15, 0.2) is 0 Å². The van der Waals surface area contributed by atoms with Crippen LogP contribution in [-0.4, -0.2) is 15.9 Å². The molecule has 5 heteroatoms. The van der Waals surface area contributed by atoms with Gasteiger partial charge in [-0.1, -0.05) is 12.2 Å². The Balaban J connectivity index is 3.40. The maximum absolute atomic E-state index is 10.2. The summed E-state index contributed by atoms with van der Waals surface area (Å²) < 4.78 is 4.52. The summed E-state index contributed by atoms with van der Waals surface area (Å²) in [6.07, 6.45) is 0. The highest BCUT2D eigenvalue weighted by atomic mass is 32.2. The molecule has 0 aliphatic heterocycles. The van der Waals surface area contributed by atoms with E-state index >= 15 is 0 Å².